The molecule has 0 aliphatic rings. The summed E-state index contributed by atoms with van der Waals surface area (Å²) in [6.45, 7) is 4.51. The van der Waals surface area contributed by atoms with Gasteiger partial charge in [0.05, 0.1) is 23.4 Å². The monoisotopic (exact) mass is 309 g/mol. The number of halogens is 1. The molecule has 3 nitrogen and oxygen atoms in total. The number of aryl methyl sites for hydroxylation is 1. The van der Waals surface area contributed by atoms with Crippen LogP contribution in [0.1, 0.15) is 29.9 Å². The Balaban J connectivity index is 2.26. The van der Waals surface area contributed by atoms with Crippen LogP contribution >= 0.6 is 15.9 Å². The Morgan fingerprint density at radius 3 is 2.67 bits per heavy atom. The fraction of sp³-hybridized carbons (Fsp3) is 0.286. The second kappa shape index (κ2) is 5.59. The van der Waals surface area contributed by atoms with Crippen molar-refractivity contribution >= 4 is 15.9 Å². The maximum atomic E-state index is 6.20. The van der Waals surface area contributed by atoms with E-state index in [9.17, 15) is 0 Å². The molecule has 0 radical (unpaired) electrons. The predicted octanol–water partition coefficient (Wildman–Crippen LogP) is 3.80. The normalized spacial score (nSPS) is 12.4. The Labute approximate surface area is 115 Å². The van der Waals surface area contributed by atoms with Gasteiger partial charge in [-0.25, -0.2) is 0 Å². The van der Waals surface area contributed by atoms with Crippen LogP contribution in [0.5, 0.6) is 5.75 Å². The molecule has 2 aromatic rings. The van der Waals surface area contributed by atoms with Crippen LogP contribution in [0.2, 0.25) is 0 Å². The van der Waals surface area contributed by atoms with Gasteiger partial charge in [-0.05, 0) is 53.5 Å². The molecule has 1 unspecified atom stereocenters. The van der Waals surface area contributed by atoms with E-state index in [1.165, 1.54) is 0 Å². The Bertz CT molecular complexity index is 536. The highest BCUT2D eigenvalue weighted by Gasteiger charge is 2.13. The SMILES string of the molecule is CCOc1ccc(C(N)c2coc(C)c2)cc1Br. The summed E-state index contributed by atoms with van der Waals surface area (Å²) in [7, 11) is 0. The topological polar surface area (TPSA) is 48.4 Å². The van der Waals surface area contributed by atoms with E-state index < -0.39 is 0 Å². The predicted molar refractivity (Wildman–Crippen MR) is 74.8 cm³/mol. The van der Waals surface area contributed by atoms with Crippen molar-refractivity contribution in [1.82, 2.24) is 0 Å². The molecule has 0 amide bonds. The van der Waals surface area contributed by atoms with Gasteiger partial charge in [-0.2, -0.15) is 0 Å². The third-order valence-electron chi connectivity index (χ3n) is 2.72. The summed E-state index contributed by atoms with van der Waals surface area (Å²) in [6.07, 6.45) is 1.70. The van der Waals surface area contributed by atoms with Gasteiger partial charge in [0.1, 0.15) is 11.5 Å². The van der Waals surface area contributed by atoms with Crippen molar-refractivity contribution in [3.05, 3.63) is 51.9 Å². The summed E-state index contributed by atoms with van der Waals surface area (Å²) in [5.74, 6) is 1.70. The van der Waals surface area contributed by atoms with Crippen molar-refractivity contribution in [3.63, 3.8) is 0 Å². The van der Waals surface area contributed by atoms with Crippen LogP contribution in [0.3, 0.4) is 0 Å². The third-order valence-corrected chi connectivity index (χ3v) is 3.34. The molecule has 0 saturated heterocycles. The molecule has 1 atom stereocenters. The Morgan fingerprint density at radius 1 is 1.33 bits per heavy atom. The molecule has 1 aromatic carbocycles. The van der Waals surface area contributed by atoms with Crippen LogP contribution in [0.15, 0.2) is 39.4 Å². The Morgan fingerprint density at radius 2 is 2.11 bits per heavy atom. The van der Waals surface area contributed by atoms with Crippen molar-refractivity contribution in [2.75, 3.05) is 6.61 Å². The van der Waals surface area contributed by atoms with Crippen LogP contribution in [0.25, 0.3) is 0 Å². The van der Waals surface area contributed by atoms with Gasteiger partial charge in [0, 0.05) is 5.56 Å². The number of benzene rings is 1. The van der Waals surface area contributed by atoms with Gasteiger partial charge in [-0.3, -0.25) is 0 Å². The summed E-state index contributed by atoms with van der Waals surface area (Å²) < 4.78 is 11.7. The van der Waals surface area contributed by atoms with Gasteiger partial charge in [-0.15, -0.1) is 0 Å². The number of rotatable bonds is 4. The lowest BCUT2D eigenvalue weighted by atomic mass is 10.0. The molecule has 2 rings (SSSR count). The van der Waals surface area contributed by atoms with Gasteiger partial charge in [-0.1, -0.05) is 6.07 Å². The molecular formula is C14H16BrNO2. The van der Waals surface area contributed by atoms with Crippen molar-refractivity contribution in [3.8, 4) is 5.75 Å². The number of furan rings is 1. The van der Waals surface area contributed by atoms with Crippen molar-refractivity contribution in [2.24, 2.45) is 5.73 Å². The van der Waals surface area contributed by atoms with E-state index in [2.05, 4.69) is 15.9 Å². The molecule has 0 saturated carbocycles. The lowest BCUT2D eigenvalue weighted by Gasteiger charge is -2.12. The highest BCUT2D eigenvalue weighted by Crippen LogP contribution is 2.30. The first-order valence-electron chi connectivity index (χ1n) is 5.84. The average molecular weight is 310 g/mol. The maximum absolute atomic E-state index is 6.20. The van der Waals surface area contributed by atoms with Crippen LogP contribution in [0, 0.1) is 6.92 Å². The molecule has 1 aromatic heterocycles. The second-order valence-electron chi connectivity index (χ2n) is 4.09. The third kappa shape index (κ3) is 2.76. The smallest absolute Gasteiger partial charge is 0.133 e. The van der Waals surface area contributed by atoms with Crippen molar-refractivity contribution in [1.29, 1.82) is 0 Å². The van der Waals surface area contributed by atoms with Gasteiger partial charge in [0.15, 0.2) is 0 Å². The lowest BCUT2D eigenvalue weighted by Crippen LogP contribution is -2.11. The summed E-state index contributed by atoms with van der Waals surface area (Å²) in [5, 5.41) is 0. The standard InChI is InChI=1S/C14H16BrNO2/c1-3-17-13-5-4-10(7-12(13)15)14(16)11-6-9(2)18-8-11/h4-8,14H,3,16H2,1-2H3. The van der Waals surface area contributed by atoms with E-state index in [1.807, 2.05) is 38.1 Å². The van der Waals surface area contributed by atoms with E-state index in [1.54, 1.807) is 6.26 Å². The minimum atomic E-state index is -0.186. The number of nitrogens with two attached hydrogens (primary N) is 1. The van der Waals surface area contributed by atoms with Crippen molar-refractivity contribution < 1.29 is 9.15 Å². The van der Waals surface area contributed by atoms with Crippen LogP contribution in [0.4, 0.5) is 0 Å². The number of hydrogen-bond acceptors (Lipinski definition) is 3. The van der Waals surface area contributed by atoms with E-state index in [0.717, 1.165) is 27.1 Å². The largest absolute Gasteiger partial charge is 0.493 e. The zero-order valence-corrected chi connectivity index (χ0v) is 12.0. The minimum Gasteiger partial charge on any atom is -0.493 e. The fourth-order valence-electron chi connectivity index (χ4n) is 1.80. The molecule has 0 bridgehead atoms. The first kappa shape index (κ1) is 13.2. The minimum absolute atomic E-state index is 0.186. The van der Waals surface area contributed by atoms with E-state index >= 15 is 0 Å². The van der Waals surface area contributed by atoms with Crippen LogP contribution < -0.4 is 10.5 Å². The summed E-state index contributed by atoms with van der Waals surface area (Å²) in [4.78, 5) is 0. The first-order valence-corrected chi connectivity index (χ1v) is 6.64. The van der Waals surface area contributed by atoms with Crippen LogP contribution in [-0.2, 0) is 0 Å². The molecule has 0 aliphatic carbocycles. The lowest BCUT2D eigenvalue weighted by molar-refractivity contribution is 0.338. The Kier molecular flexibility index (Phi) is 4.09. The molecule has 1 heterocycles. The second-order valence-corrected chi connectivity index (χ2v) is 4.95. The summed E-state index contributed by atoms with van der Waals surface area (Å²) in [6, 6.07) is 7.65. The molecular weight excluding hydrogens is 294 g/mol. The fourth-order valence-corrected chi connectivity index (χ4v) is 2.31. The van der Waals surface area contributed by atoms with Crippen molar-refractivity contribution in [2.45, 2.75) is 19.9 Å². The first-order chi connectivity index (χ1) is 8.61. The Hall–Kier alpha value is -1.26. The average Bonchev–Trinajstić information content (AvgIpc) is 2.78. The molecule has 0 spiro atoms. The maximum Gasteiger partial charge on any atom is 0.133 e. The van der Waals surface area contributed by atoms with Crippen LogP contribution in [-0.4, -0.2) is 6.61 Å². The van der Waals surface area contributed by atoms with Gasteiger partial charge >= 0.3 is 0 Å². The van der Waals surface area contributed by atoms with E-state index in [0.29, 0.717) is 6.61 Å². The number of ether oxygens (including phenoxy) is 1. The molecule has 0 fully saturated rings. The summed E-state index contributed by atoms with van der Waals surface area (Å²) in [5.41, 5.74) is 8.20. The zero-order valence-electron chi connectivity index (χ0n) is 10.4. The van der Waals surface area contributed by atoms with Gasteiger partial charge < -0.3 is 14.9 Å². The summed E-state index contributed by atoms with van der Waals surface area (Å²) >= 11 is 3.49. The molecule has 4 heteroatoms. The van der Waals surface area contributed by atoms with E-state index in [-0.39, 0.29) is 6.04 Å². The molecule has 18 heavy (non-hydrogen) atoms. The molecule has 2 N–H and O–H groups in total. The quantitative estimate of drug-likeness (QED) is 0.934. The molecule has 0 aliphatic heterocycles. The van der Waals surface area contributed by atoms with Gasteiger partial charge in [0.25, 0.3) is 0 Å². The van der Waals surface area contributed by atoms with E-state index in [4.69, 9.17) is 14.9 Å². The highest BCUT2D eigenvalue weighted by molar-refractivity contribution is 9.10. The molecule has 96 valence electrons. The zero-order chi connectivity index (χ0) is 13.1. The number of hydrogen-bond donors (Lipinski definition) is 1. The highest BCUT2D eigenvalue weighted by atomic mass is 79.9. The van der Waals surface area contributed by atoms with Gasteiger partial charge in [0.2, 0.25) is 0 Å².